The van der Waals surface area contributed by atoms with Crippen molar-refractivity contribution in [1.29, 1.82) is 0 Å². The van der Waals surface area contributed by atoms with Crippen molar-refractivity contribution in [3.63, 3.8) is 0 Å². The number of aryl methyl sites for hydroxylation is 1. The number of imidazole rings is 1. The number of nitrogens with zero attached hydrogens (tertiary/aromatic N) is 2. The molecule has 62 valence electrons. The van der Waals surface area contributed by atoms with Crippen molar-refractivity contribution in [2.24, 2.45) is 7.05 Å². The SMILES string of the molecule is Cn1c(N)nc2ccc(Cl)cc21. The summed E-state index contributed by atoms with van der Waals surface area (Å²) >= 11 is 5.82. The standard InChI is InChI=1S/C8H8ClN3/c1-12-7-4-5(9)2-3-6(7)11-8(12)10/h2-4H,1H3,(H2,10,11). The molecule has 0 amide bonds. The van der Waals surface area contributed by atoms with Gasteiger partial charge in [-0.1, -0.05) is 11.6 Å². The van der Waals surface area contributed by atoms with Crippen LogP contribution in [0.2, 0.25) is 5.02 Å². The molecule has 1 aromatic heterocycles. The molecule has 0 atom stereocenters. The molecule has 0 aliphatic rings. The maximum atomic E-state index is 5.82. The highest BCUT2D eigenvalue weighted by atomic mass is 35.5. The maximum Gasteiger partial charge on any atom is 0.200 e. The summed E-state index contributed by atoms with van der Waals surface area (Å²) in [7, 11) is 1.86. The second-order valence-electron chi connectivity index (χ2n) is 2.66. The predicted molar refractivity (Wildman–Crippen MR) is 50.1 cm³/mol. The minimum Gasteiger partial charge on any atom is -0.369 e. The largest absolute Gasteiger partial charge is 0.369 e. The molecule has 0 aliphatic carbocycles. The highest BCUT2D eigenvalue weighted by Gasteiger charge is 2.03. The van der Waals surface area contributed by atoms with Crippen molar-refractivity contribution < 1.29 is 0 Å². The Kier molecular flexibility index (Phi) is 1.48. The Hall–Kier alpha value is -1.22. The van der Waals surface area contributed by atoms with Gasteiger partial charge in [0.25, 0.3) is 0 Å². The molecule has 3 nitrogen and oxygen atoms in total. The second-order valence-corrected chi connectivity index (χ2v) is 3.10. The Balaban J connectivity index is 2.88. The average molecular weight is 182 g/mol. The Labute approximate surface area is 74.8 Å². The monoisotopic (exact) mass is 181 g/mol. The molecule has 0 radical (unpaired) electrons. The van der Waals surface area contributed by atoms with Crippen molar-refractivity contribution in [3.8, 4) is 0 Å². The number of nitrogens with two attached hydrogens (primary N) is 1. The van der Waals surface area contributed by atoms with Crippen LogP contribution in [0.15, 0.2) is 18.2 Å². The van der Waals surface area contributed by atoms with Crippen LogP contribution in [0.4, 0.5) is 5.95 Å². The summed E-state index contributed by atoms with van der Waals surface area (Å²) in [5, 5.41) is 0.700. The molecule has 1 aromatic carbocycles. The number of nitrogen functional groups attached to an aromatic ring is 1. The van der Waals surface area contributed by atoms with Gasteiger partial charge in [0.15, 0.2) is 0 Å². The summed E-state index contributed by atoms with van der Waals surface area (Å²) in [6, 6.07) is 5.50. The first-order valence-electron chi connectivity index (χ1n) is 3.56. The molecule has 12 heavy (non-hydrogen) atoms. The fourth-order valence-corrected chi connectivity index (χ4v) is 1.35. The smallest absolute Gasteiger partial charge is 0.200 e. The van der Waals surface area contributed by atoms with E-state index in [1.54, 1.807) is 10.6 Å². The number of hydrogen-bond donors (Lipinski definition) is 1. The first-order chi connectivity index (χ1) is 5.68. The van der Waals surface area contributed by atoms with Crippen LogP contribution in [0.5, 0.6) is 0 Å². The molecule has 0 unspecified atom stereocenters. The minimum absolute atomic E-state index is 0.507. The summed E-state index contributed by atoms with van der Waals surface area (Å²) in [6.07, 6.45) is 0. The molecule has 0 saturated heterocycles. The van der Waals surface area contributed by atoms with Gasteiger partial charge in [0.05, 0.1) is 11.0 Å². The fraction of sp³-hybridized carbons (Fsp3) is 0.125. The number of benzene rings is 1. The first kappa shape index (κ1) is 7.43. The first-order valence-corrected chi connectivity index (χ1v) is 3.94. The molecule has 0 aliphatic heterocycles. The van der Waals surface area contributed by atoms with Gasteiger partial charge in [-0.2, -0.15) is 0 Å². The van der Waals surface area contributed by atoms with E-state index in [1.807, 2.05) is 19.2 Å². The van der Waals surface area contributed by atoms with Crippen molar-refractivity contribution in [2.45, 2.75) is 0 Å². The van der Waals surface area contributed by atoms with Crippen LogP contribution in [-0.4, -0.2) is 9.55 Å². The quantitative estimate of drug-likeness (QED) is 0.674. The Bertz CT molecular complexity index is 433. The van der Waals surface area contributed by atoms with Gasteiger partial charge < -0.3 is 10.3 Å². The molecule has 1 heterocycles. The van der Waals surface area contributed by atoms with E-state index in [4.69, 9.17) is 17.3 Å². The van der Waals surface area contributed by atoms with Crippen molar-refractivity contribution >= 4 is 28.6 Å². The van der Waals surface area contributed by atoms with E-state index in [0.717, 1.165) is 11.0 Å². The van der Waals surface area contributed by atoms with Gasteiger partial charge in [-0.3, -0.25) is 0 Å². The highest BCUT2D eigenvalue weighted by molar-refractivity contribution is 6.31. The highest BCUT2D eigenvalue weighted by Crippen LogP contribution is 2.20. The normalized spacial score (nSPS) is 10.8. The van der Waals surface area contributed by atoms with E-state index >= 15 is 0 Å². The van der Waals surface area contributed by atoms with Crippen LogP contribution in [0.3, 0.4) is 0 Å². The zero-order chi connectivity index (χ0) is 8.72. The van der Waals surface area contributed by atoms with Gasteiger partial charge in [0.2, 0.25) is 5.95 Å². The lowest BCUT2D eigenvalue weighted by atomic mass is 10.3. The summed E-state index contributed by atoms with van der Waals surface area (Å²) in [4.78, 5) is 4.14. The van der Waals surface area contributed by atoms with Crippen LogP contribution in [0.1, 0.15) is 0 Å². The van der Waals surface area contributed by atoms with Gasteiger partial charge in [-0.25, -0.2) is 4.98 Å². The van der Waals surface area contributed by atoms with Gasteiger partial charge in [0.1, 0.15) is 0 Å². The number of aromatic nitrogens is 2. The van der Waals surface area contributed by atoms with Crippen molar-refractivity contribution in [2.75, 3.05) is 5.73 Å². The van der Waals surface area contributed by atoms with Crippen molar-refractivity contribution in [1.82, 2.24) is 9.55 Å². The van der Waals surface area contributed by atoms with Crippen LogP contribution < -0.4 is 5.73 Å². The Morgan fingerprint density at radius 1 is 1.50 bits per heavy atom. The summed E-state index contributed by atoms with van der Waals surface area (Å²) in [6.45, 7) is 0. The molecule has 2 aromatic rings. The summed E-state index contributed by atoms with van der Waals surface area (Å²) in [5.41, 5.74) is 7.44. The van der Waals surface area contributed by atoms with E-state index in [0.29, 0.717) is 11.0 Å². The van der Waals surface area contributed by atoms with Crippen LogP contribution in [-0.2, 0) is 7.05 Å². The van der Waals surface area contributed by atoms with Gasteiger partial charge >= 0.3 is 0 Å². The number of anilines is 1. The number of fused-ring (bicyclic) bond motifs is 1. The van der Waals surface area contributed by atoms with Gasteiger partial charge in [-0.15, -0.1) is 0 Å². The fourth-order valence-electron chi connectivity index (χ4n) is 1.18. The molecule has 2 N–H and O–H groups in total. The average Bonchev–Trinajstić information content (AvgIpc) is 2.31. The van der Waals surface area contributed by atoms with E-state index in [2.05, 4.69) is 4.98 Å². The summed E-state index contributed by atoms with van der Waals surface area (Å²) in [5.74, 6) is 0.507. The minimum atomic E-state index is 0.507. The number of rotatable bonds is 0. The van der Waals surface area contributed by atoms with Crippen LogP contribution >= 0.6 is 11.6 Å². The Morgan fingerprint density at radius 2 is 2.25 bits per heavy atom. The third kappa shape index (κ3) is 0.940. The van der Waals surface area contributed by atoms with Crippen molar-refractivity contribution in [3.05, 3.63) is 23.2 Å². The maximum absolute atomic E-state index is 5.82. The third-order valence-corrected chi connectivity index (χ3v) is 2.11. The molecule has 4 heteroatoms. The number of halogens is 1. The topological polar surface area (TPSA) is 43.8 Å². The van der Waals surface area contributed by atoms with Gasteiger partial charge in [0, 0.05) is 12.1 Å². The lowest BCUT2D eigenvalue weighted by Gasteiger charge is -1.95. The zero-order valence-electron chi connectivity index (χ0n) is 6.58. The van der Waals surface area contributed by atoms with E-state index in [9.17, 15) is 0 Å². The lowest BCUT2D eigenvalue weighted by molar-refractivity contribution is 0.965. The predicted octanol–water partition coefficient (Wildman–Crippen LogP) is 1.81. The van der Waals surface area contributed by atoms with Gasteiger partial charge in [-0.05, 0) is 18.2 Å². The Morgan fingerprint density at radius 3 is 3.00 bits per heavy atom. The zero-order valence-corrected chi connectivity index (χ0v) is 7.34. The van der Waals surface area contributed by atoms with Crippen LogP contribution in [0.25, 0.3) is 11.0 Å². The van der Waals surface area contributed by atoms with Crippen LogP contribution in [0, 0.1) is 0 Å². The molecular formula is C8H8ClN3. The lowest BCUT2D eigenvalue weighted by Crippen LogP contribution is -1.95. The molecule has 0 saturated carbocycles. The number of hydrogen-bond acceptors (Lipinski definition) is 2. The molecule has 0 spiro atoms. The van der Waals surface area contributed by atoms with E-state index in [1.165, 1.54) is 0 Å². The summed E-state index contributed by atoms with van der Waals surface area (Å²) < 4.78 is 1.81. The third-order valence-electron chi connectivity index (χ3n) is 1.88. The van der Waals surface area contributed by atoms with E-state index in [-0.39, 0.29) is 0 Å². The molecular weight excluding hydrogens is 174 g/mol. The molecule has 2 rings (SSSR count). The second kappa shape index (κ2) is 2.38. The van der Waals surface area contributed by atoms with E-state index < -0.39 is 0 Å². The molecule has 0 fully saturated rings. The molecule has 0 bridgehead atoms.